The molecular formula is C54H30N4O. The van der Waals surface area contributed by atoms with Crippen LogP contribution in [0.5, 0.6) is 0 Å². The fraction of sp³-hybridized carbons (Fsp3) is 0. The van der Waals surface area contributed by atoms with Crippen LogP contribution in [-0.2, 0) is 0 Å². The largest absolute Gasteiger partial charge is 0.456 e. The van der Waals surface area contributed by atoms with Gasteiger partial charge in [0.1, 0.15) is 16.9 Å². The number of para-hydroxylation sites is 4. The zero-order valence-electron chi connectivity index (χ0n) is 31.5. The van der Waals surface area contributed by atoms with Crippen LogP contribution in [0.25, 0.3) is 132 Å². The van der Waals surface area contributed by atoms with E-state index >= 15 is 0 Å². The second-order valence-electron chi connectivity index (χ2n) is 15.7. The fourth-order valence-electron chi connectivity index (χ4n) is 10.1. The highest BCUT2D eigenvalue weighted by atomic mass is 16.3. The highest BCUT2D eigenvalue weighted by molar-refractivity contribution is 6.28. The van der Waals surface area contributed by atoms with Gasteiger partial charge in [0.05, 0.1) is 38.8 Å². The summed E-state index contributed by atoms with van der Waals surface area (Å²) in [5, 5.41) is 9.12. The first-order valence-corrected chi connectivity index (χ1v) is 20.1. The minimum absolute atomic E-state index is 0.784. The molecule has 0 saturated heterocycles. The molecule has 59 heavy (non-hydrogen) atoms. The summed E-state index contributed by atoms with van der Waals surface area (Å²) in [5.41, 5.74) is 15.9. The maximum Gasteiger partial charge on any atom is 0.165 e. The number of aromatic nitrogens is 4. The van der Waals surface area contributed by atoms with Gasteiger partial charge in [0.25, 0.3) is 0 Å². The third-order valence-electron chi connectivity index (χ3n) is 12.6. The van der Waals surface area contributed by atoms with Gasteiger partial charge in [-0.3, -0.25) is 4.57 Å². The molecule has 0 amide bonds. The van der Waals surface area contributed by atoms with Crippen molar-refractivity contribution in [3.05, 3.63) is 182 Å². The van der Waals surface area contributed by atoms with Crippen molar-refractivity contribution in [3.63, 3.8) is 0 Å². The predicted octanol–water partition coefficient (Wildman–Crippen LogP) is 14.2. The second kappa shape index (κ2) is 11.3. The molecule has 1 aliphatic heterocycles. The predicted molar refractivity (Wildman–Crippen MR) is 243 cm³/mol. The first-order valence-electron chi connectivity index (χ1n) is 20.1. The van der Waals surface area contributed by atoms with Crippen molar-refractivity contribution < 1.29 is 4.42 Å². The number of fused-ring (bicyclic) bond motifs is 18. The van der Waals surface area contributed by atoms with Gasteiger partial charge in [-0.2, -0.15) is 0 Å². The molecule has 5 nitrogen and oxygen atoms in total. The van der Waals surface area contributed by atoms with Gasteiger partial charge in [-0.25, -0.2) is 9.97 Å². The van der Waals surface area contributed by atoms with Gasteiger partial charge in [-0.15, -0.1) is 0 Å². The van der Waals surface area contributed by atoms with Crippen LogP contribution < -0.4 is 0 Å². The Morgan fingerprint density at radius 1 is 0.424 bits per heavy atom. The molecular weight excluding hydrogens is 721 g/mol. The minimum Gasteiger partial charge on any atom is -0.456 e. The summed E-state index contributed by atoms with van der Waals surface area (Å²) in [5.74, 6) is 0.784. The van der Waals surface area contributed by atoms with E-state index in [0.29, 0.717) is 0 Å². The molecule has 0 unspecified atom stereocenters. The first-order chi connectivity index (χ1) is 29.3. The molecule has 1 aliphatic rings. The summed E-state index contributed by atoms with van der Waals surface area (Å²) in [6, 6.07) is 65.2. The number of hydrogen-bond donors (Lipinski definition) is 0. The molecule has 9 aromatic carbocycles. The minimum atomic E-state index is 0.784. The summed E-state index contributed by atoms with van der Waals surface area (Å²) in [4.78, 5) is 11.3. The van der Waals surface area contributed by atoms with Crippen LogP contribution in [0, 0.1) is 0 Å². The van der Waals surface area contributed by atoms with Crippen molar-refractivity contribution in [2.24, 2.45) is 0 Å². The monoisotopic (exact) mass is 750 g/mol. The summed E-state index contributed by atoms with van der Waals surface area (Å²) in [7, 11) is 0. The number of hydrogen-bond acceptors (Lipinski definition) is 3. The van der Waals surface area contributed by atoms with E-state index in [4.69, 9.17) is 14.4 Å². The SMILES string of the molecule is c1ccc2c(c1)-c1ccccc1-n1c3ccccc3c3cc4c(c-2c31)c1ccccc1n4-c1nc2ccc3ccccc3c2nc1-c1ccc2oc3ccccc3c2c1. The molecule has 14 rings (SSSR count). The number of benzene rings is 9. The summed E-state index contributed by atoms with van der Waals surface area (Å²) in [6.45, 7) is 0. The number of rotatable bonds is 2. The van der Waals surface area contributed by atoms with Gasteiger partial charge >= 0.3 is 0 Å². The van der Waals surface area contributed by atoms with Crippen molar-refractivity contribution in [2.45, 2.75) is 0 Å². The van der Waals surface area contributed by atoms with Crippen LogP contribution in [0.2, 0.25) is 0 Å². The number of nitrogens with zero attached hydrogens (tertiary/aromatic N) is 4. The molecule has 0 aliphatic carbocycles. The van der Waals surface area contributed by atoms with E-state index in [1.54, 1.807) is 0 Å². The van der Waals surface area contributed by atoms with Crippen molar-refractivity contribution >= 4 is 87.4 Å². The standard InChI is InChI=1S/C54H30N4O/c1-2-14-33-31(13-1)25-27-42-52(33)56-51(32-26-28-48-40(29-32)37-18-8-12-24-47(37)59-48)54(55-42)58-45-23-11-7-20-39(45)49-46(58)30-41-36-17-6-10-22-44(36)57-43-21-9-5-16-35(43)34-15-3-4-19-38(34)50(49)53(41)57/h1-30H. The molecule has 4 aromatic heterocycles. The average molecular weight is 751 g/mol. The average Bonchev–Trinajstić information content (AvgIpc) is 3.92. The molecule has 13 aromatic rings. The van der Waals surface area contributed by atoms with Crippen molar-refractivity contribution in [1.82, 2.24) is 19.1 Å². The summed E-state index contributed by atoms with van der Waals surface area (Å²) < 4.78 is 11.2. The van der Waals surface area contributed by atoms with Crippen molar-refractivity contribution in [3.8, 4) is 45.0 Å². The van der Waals surface area contributed by atoms with E-state index in [1.165, 1.54) is 60.5 Å². The molecule has 5 heteroatoms. The lowest BCUT2D eigenvalue weighted by molar-refractivity contribution is 0.669. The third kappa shape index (κ3) is 4.08. The van der Waals surface area contributed by atoms with Gasteiger partial charge in [0, 0.05) is 54.4 Å². The van der Waals surface area contributed by atoms with E-state index in [0.717, 1.165) is 71.9 Å². The van der Waals surface area contributed by atoms with Crippen molar-refractivity contribution in [1.29, 1.82) is 0 Å². The Hall–Kier alpha value is -8.02. The molecule has 0 radical (unpaired) electrons. The Labute approximate surface area is 336 Å². The van der Waals surface area contributed by atoms with Gasteiger partial charge in [-0.05, 0) is 71.1 Å². The zero-order valence-corrected chi connectivity index (χ0v) is 31.5. The first kappa shape index (κ1) is 31.1. The zero-order chi connectivity index (χ0) is 38.3. The highest BCUT2D eigenvalue weighted by Gasteiger charge is 2.30. The Bertz CT molecular complexity index is 3980. The normalized spacial score (nSPS) is 12.4. The van der Waals surface area contributed by atoms with Crippen LogP contribution in [0.1, 0.15) is 0 Å². The van der Waals surface area contributed by atoms with Gasteiger partial charge in [-0.1, -0.05) is 127 Å². The number of furan rings is 1. The molecule has 0 fully saturated rings. The maximum absolute atomic E-state index is 6.32. The Balaban J connectivity index is 1.19. The smallest absolute Gasteiger partial charge is 0.165 e. The lowest BCUT2D eigenvalue weighted by Crippen LogP contribution is -2.04. The van der Waals surface area contributed by atoms with Crippen LogP contribution in [0.3, 0.4) is 0 Å². The third-order valence-corrected chi connectivity index (χ3v) is 12.6. The molecule has 272 valence electrons. The Morgan fingerprint density at radius 2 is 1.10 bits per heavy atom. The van der Waals surface area contributed by atoms with Gasteiger partial charge in [0.2, 0.25) is 0 Å². The highest BCUT2D eigenvalue weighted by Crippen LogP contribution is 2.52. The quantitative estimate of drug-likeness (QED) is 0.165. The van der Waals surface area contributed by atoms with E-state index < -0.39 is 0 Å². The van der Waals surface area contributed by atoms with Crippen LogP contribution >= 0.6 is 0 Å². The van der Waals surface area contributed by atoms with E-state index in [9.17, 15) is 0 Å². The molecule has 5 heterocycles. The van der Waals surface area contributed by atoms with Gasteiger partial charge < -0.3 is 8.98 Å². The molecule has 0 saturated carbocycles. The fourth-order valence-corrected chi connectivity index (χ4v) is 10.1. The topological polar surface area (TPSA) is 48.8 Å². The van der Waals surface area contributed by atoms with Gasteiger partial charge in [0.15, 0.2) is 5.82 Å². The molecule has 0 atom stereocenters. The molecule has 0 N–H and O–H groups in total. The Kier molecular flexibility index (Phi) is 5.96. The lowest BCUT2D eigenvalue weighted by atomic mass is 9.91. The van der Waals surface area contributed by atoms with Crippen LogP contribution in [0.4, 0.5) is 0 Å². The van der Waals surface area contributed by atoms with Crippen molar-refractivity contribution in [2.75, 3.05) is 0 Å². The van der Waals surface area contributed by atoms with E-state index in [1.807, 2.05) is 12.1 Å². The summed E-state index contributed by atoms with van der Waals surface area (Å²) >= 11 is 0. The van der Waals surface area contributed by atoms with E-state index in [2.05, 4.69) is 179 Å². The summed E-state index contributed by atoms with van der Waals surface area (Å²) in [6.07, 6.45) is 0. The van der Waals surface area contributed by atoms with Crippen LogP contribution in [0.15, 0.2) is 186 Å². The Morgan fingerprint density at radius 3 is 1.98 bits per heavy atom. The second-order valence-corrected chi connectivity index (χ2v) is 15.7. The maximum atomic E-state index is 6.32. The lowest BCUT2D eigenvalue weighted by Gasteiger charge is -2.15. The molecule has 0 spiro atoms. The van der Waals surface area contributed by atoms with E-state index in [-0.39, 0.29) is 0 Å². The van der Waals surface area contributed by atoms with Crippen LogP contribution in [-0.4, -0.2) is 19.1 Å². The molecule has 0 bridgehead atoms.